The number of aryl methyl sites for hydroxylation is 2. The van der Waals surface area contributed by atoms with E-state index in [1.165, 1.54) is 11.1 Å². The number of nitrogens with one attached hydrogen (secondary N) is 1. The topological polar surface area (TPSA) is 72.7 Å². The second kappa shape index (κ2) is 6.79. The lowest BCUT2D eigenvalue weighted by Gasteiger charge is -2.09. The molecule has 0 radical (unpaired) electrons. The molecule has 142 valence electrons. The van der Waals surface area contributed by atoms with E-state index in [1.54, 1.807) is 6.33 Å². The van der Waals surface area contributed by atoms with Crippen molar-refractivity contribution in [2.75, 3.05) is 5.32 Å². The summed E-state index contributed by atoms with van der Waals surface area (Å²) in [5, 5.41) is 2.94. The Morgan fingerprint density at radius 3 is 2.76 bits per heavy atom. The van der Waals surface area contributed by atoms with Gasteiger partial charge in [0.25, 0.3) is 5.91 Å². The van der Waals surface area contributed by atoms with Crippen LogP contribution in [0.25, 0.3) is 27.8 Å². The van der Waals surface area contributed by atoms with E-state index >= 15 is 0 Å². The smallest absolute Gasteiger partial charge is 0.255 e. The number of imidazole rings is 1. The van der Waals surface area contributed by atoms with Gasteiger partial charge in [-0.3, -0.25) is 9.36 Å². The summed E-state index contributed by atoms with van der Waals surface area (Å²) in [4.78, 5) is 17.3. The number of fused-ring (bicyclic) bond motifs is 2. The number of benzene rings is 3. The van der Waals surface area contributed by atoms with E-state index in [9.17, 15) is 4.79 Å². The summed E-state index contributed by atoms with van der Waals surface area (Å²) >= 11 is 1.13. The highest BCUT2D eigenvalue weighted by Crippen LogP contribution is 2.24. The van der Waals surface area contributed by atoms with Crippen LogP contribution < -0.4 is 5.32 Å². The SMILES string of the molecule is Cc1ccc(-n2cnc3cc(C(=O)Nc4cccc5nsnc45)ccc32)c(C)c1. The molecule has 5 rings (SSSR count). The fourth-order valence-corrected chi connectivity index (χ4v) is 4.07. The molecule has 1 N–H and O–H groups in total. The Morgan fingerprint density at radius 2 is 1.90 bits per heavy atom. The minimum Gasteiger partial charge on any atom is -0.320 e. The molecule has 0 fully saturated rings. The maximum Gasteiger partial charge on any atom is 0.255 e. The first-order valence-electron chi connectivity index (χ1n) is 9.17. The molecule has 0 bridgehead atoms. The van der Waals surface area contributed by atoms with E-state index in [1.807, 2.05) is 41.0 Å². The monoisotopic (exact) mass is 399 g/mol. The number of hydrogen-bond donors (Lipinski definition) is 1. The van der Waals surface area contributed by atoms with E-state index < -0.39 is 0 Å². The molecular weight excluding hydrogens is 382 g/mol. The number of carbonyl (C=O) groups is 1. The van der Waals surface area contributed by atoms with Crippen LogP contribution in [0.3, 0.4) is 0 Å². The predicted molar refractivity (Wildman–Crippen MR) is 116 cm³/mol. The molecule has 0 saturated heterocycles. The third-order valence-electron chi connectivity index (χ3n) is 4.96. The number of carbonyl (C=O) groups excluding carboxylic acids is 1. The van der Waals surface area contributed by atoms with Crippen molar-refractivity contribution in [2.24, 2.45) is 0 Å². The predicted octanol–water partition coefficient (Wildman–Crippen LogP) is 4.90. The molecule has 0 aliphatic rings. The number of aromatic nitrogens is 4. The Kier molecular flexibility index (Phi) is 4.10. The van der Waals surface area contributed by atoms with Gasteiger partial charge in [-0.1, -0.05) is 23.8 Å². The van der Waals surface area contributed by atoms with E-state index in [0.29, 0.717) is 16.8 Å². The maximum atomic E-state index is 12.8. The number of rotatable bonds is 3. The maximum absolute atomic E-state index is 12.8. The molecule has 0 aliphatic heterocycles. The van der Waals surface area contributed by atoms with Gasteiger partial charge in [0.2, 0.25) is 0 Å². The van der Waals surface area contributed by atoms with Crippen LogP contribution in [0.2, 0.25) is 0 Å². The van der Waals surface area contributed by atoms with Gasteiger partial charge in [-0.05, 0) is 55.8 Å². The molecule has 0 saturated carbocycles. The first-order valence-corrected chi connectivity index (χ1v) is 9.90. The second-order valence-corrected chi connectivity index (χ2v) is 7.53. The summed E-state index contributed by atoms with van der Waals surface area (Å²) in [7, 11) is 0. The normalized spacial score (nSPS) is 11.2. The molecule has 1 amide bonds. The van der Waals surface area contributed by atoms with Gasteiger partial charge < -0.3 is 5.32 Å². The summed E-state index contributed by atoms with van der Waals surface area (Å²) < 4.78 is 10.5. The summed E-state index contributed by atoms with van der Waals surface area (Å²) in [6.07, 6.45) is 1.80. The Hall–Kier alpha value is -3.58. The van der Waals surface area contributed by atoms with Crippen molar-refractivity contribution in [3.8, 4) is 5.69 Å². The molecular formula is C22H17N5OS. The zero-order chi connectivity index (χ0) is 20.0. The first kappa shape index (κ1) is 17.5. The van der Waals surface area contributed by atoms with Gasteiger partial charge in [-0.15, -0.1) is 0 Å². The lowest BCUT2D eigenvalue weighted by atomic mass is 10.1. The van der Waals surface area contributed by atoms with Crippen molar-refractivity contribution in [1.82, 2.24) is 18.3 Å². The van der Waals surface area contributed by atoms with Crippen LogP contribution in [0.15, 0.2) is 60.9 Å². The second-order valence-electron chi connectivity index (χ2n) is 7.00. The minimum absolute atomic E-state index is 0.200. The first-order chi connectivity index (χ1) is 14.1. The van der Waals surface area contributed by atoms with E-state index in [0.717, 1.165) is 34.0 Å². The zero-order valence-corrected chi connectivity index (χ0v) is 16.7. The number of hydrogen-bond acceptors (Lipinski definition) is 5. The van der Waals surface area contributed by atoms with Crippen molar-refractivity contribution in [1.29, 1.82) is 0 Å². The van der Waals surface area contributed by atoms with Gasteiger partial charge in [-0.25, -0.2) is 4.98 Å². The van der Waals surface area contributed by atoms with Gasteiger partial charge in [0.15, 0.2) is 0 Å². The van der Waals surface area contributed by atoms with E-state index in [4.69, 9.17) is 0 Å². The average Bonchev–Trinajstić information content (AvgIpc) is 3.35. The van der Waals surface area contributed by atoms with Crippen LogP contribution in [0.1, 0.15) is 21.5 Å². The molecule has 29 heavy (non-hydrogen) atoms. The summed E-state index contributed by atoms with van der Waals surface area (Å²) in [5.74, 6) is -0.200. The van der Waals surface area contributed by atoms with Crippen molar-refractivity contribution in [3.05, 3.63) is 77.6 Å². The van der Waals surface area contributed by atoms with Crippen LogP contribution in [0.4, 0.5) is 5.69 Å². The quantitative estimate of drug-likeness (QED) is 0.468. The van der Waals surface area contributed by atoms with Gasteiger partial charge in [0, 0.05) is 5.56 Å². The third-order valence-corrected chi connectivity index (χ3v) is 5.50. The molecule has 0 aliphatic carbocycles. The molecule has 6 nitrogen and oxygen atoms in total. The minimum atomic E-state index is -0.200. The lowest BCUT2D eigenvalue weighted by molar-refractivity contribution is 0.102. The highest BCUT2D eigenvalue weighted by Gasteiger charge is 2.13. The highest BCUT2D eigenvalue weighted by atomic mass is 32.1. The number of nitrogens with zero attached hydrogens (tertiary/aromatic N) is 4. The van der Waals surface area contributed by atoms with Crippen LogP contribution in [0.5, 0.6) is 0 Å². The van der Waals surface area contributed by atoms with Crippen LogP contribution in [0, 0.1) is 13.8 Å². The summed E-state index contributed by atoms with van der Waals surface area (Å²) in [5.41, 5.74) is 7.88. The number of amides is 1. The lowest BCUT2D eigenvalue weighted by Crippen LogP contribution is -2.12. The van der Waals surface area contributed by atoms with Crippen molar-refractivity contribution < 1.29 is 4.79 Å². The van der Waals surface area contributed by atoms with Crippen molar-refractivity contribution >= 4 is 45.4 Å². The fraction of sp³-hybridized carbons (Fsp3) is 0.0909. The summed E-state index contributed by atoms with van der Waals surface area (Å²) in [6.45, 7) is 4.17. The molecule has 2 heterocycles. The molecule has 5 aromatic rings. The van der Waals surface area contributed by atoms with E-state index in [-0.39, 0.29) is 5.91 Å². The Morgan fingerprint density at radius 1 is 1.00 bits per heavy atom. The van der Waals surface area contributed by atoms with Crippen LogP contribution in [-0.4, -0.2) is 24.2 Å². The molecule has 7 heteroatoms. The molecule has 2 aromatic heterocycles. The van der Waals surface area contributed by atoms with Crippen LogP contribution >= 0.6 is 11.7 Å². The molecule has 3 aromatic carbocycles. The zero-order valence-electron chi connectivity index (χ0n) is 15.9. The Bertz CT molecular complexity index is 1380. The Labute approximate surface area is 171 Å². The fourth-order valence-electron chi connectivity index (χ4n) is 3.52. The summed E-state index contributed by atoms with van der Waals surface area (Å²) in [6, 6.07) is 17.4. The van der Waals surface area contributed by atoms with Gasteiger partial charge >= 0.3 is 0 Å². The van der Waals surface area contributed by atoms with Gasteiger partial charge in [0.1, 0.15) is 17.4 Å². The molecule has 0 spiro atoms. The van der Waals surface area contributed by atoms with Crippen molar-refractivity contribution in [2.45, 2.75) is 13.8 Å². The average molecular weight is 399 g/mol. The standard InChI is InChI=1S/C22H17N5OS/c1-13-6-8-19(14(2)10-13)27-12-23-18-11-15(7-9-20(18)27)22(28)24-16-4-3-5-17-21(16)26-29-25-17/h3-12H,1-2H3,(H,24,28). The van der Waals surface area contributed by atoms with E-state index in [2.05, 4.69) is 51.1 Å². The number of anilines is 1. The largest absolute Gasteiger partial charge is 0.320 e. The molecule has 0 unspecified atom stereocenters. The molecule has 0 atom stereocenters. The van der Waals surface area contributed by atoms with Crippen LogP contribution in [-0.2, 0) is 0 Å². The van der Waals surface area contributed by atoms with Gasteiger partial charge in [0.05, 0.1) is 34.1 Å². The Balaban J connectivity index is 1.49. The highest BCUT2D eigenvalue weighted by molar-refractivity contribution is 7.00. The van der Waals surface area contributed by atoms with Crippen molar-refractivity contribution in [3.63, 3.8) is 0 Å². The van der Waals surface area contributed by atoms with Gasteiger partial charge in [-0.2, -0.15) is 8.75 Å². The third kappa shape index (κ3) is 3.05.